The lowest BCUT2D eigenvalue weighted by Crippen LogP contribution is -2.23. The van der Waals surface area contributed by atoms with Crippen LogP contribution in [0.2, 0.25) is 0 Å². The average molecular weight is 188 g/mol. The Morgan fingerprint density at radius 2 is 2.23 bits per heavy atom. The minimum atomic E-state index is -0.695. The number of hydrogen-bond donors (Lipinski definition) is 3. The smallest absolute Gasteiger partial charge is 0.303 e. The maximum Gasteiger partial charge on any atom is 0.303 e. The van der Waals surface area contributed by atoms with Gasteiger partial charge >= 0.3 is 5.97 Å². The molecule has 0 saturated carbocycles. The summed E-state index contributed by atoms with van der Waals surface area (Å²) in [7, 11) is 0. The van der Waals surface area contributed by atoms with Crippen molar-refractivity contribution in [3.05, 3.63) is 0 Å². The molecule has 0 aromatic rings. The summed E-state index contributed by atoms with van der Waals surface area (Å²) in [6.07, 6.45) is 4.24. The SMILES string of the molecule is CCCC(CCCNN)CC(=O)O. The maximum atomic E-state index is 10.5. The van der Waals surface area contributed by atoms with Crippen LogP contribution < -0.4 is 11.3 Å². The molecule has 0 radical (unpaired) electrons. The molecule has 0 rings (SSSR count). The van der Waals surface area contributed by atoms with Gasteiger partial charge < -0.3 is 5.11 Å². The molecule has 0 aromatic heterocycles. The van der Waals surface area contributed by atoms with Crippen molar-refractivity contribution in [3.8, 4) is 0 Å². The molecular formula is C9H20N2O2. The van der Waals surface area contributed by atoms with Gasteiger partial charge in [0.05, 0.1) is 0 Å². The van der Waals surface area contributed by atoms with Crippen molar-refractivity contribution in [2.45, 2.75) is 39.0 Å². The fourth-order valence-electron chi connectivity index (χ4n) is 1.50. The lowest BCUT2D eigenvalue weighted by molar-refractivity contribution is -0.138. The Kier molecular flexibility index (Phi) is 7.63. The van der Waals surface area contributed by atoms with Crippen LogP contribution in [0.1, 0.15) is 39.0 Å². The number of rotatable bonds is 8. The molecule has 0 fully saturated rings. The van der Waals surface area contributed by atoms with Crippen LogP contribution in [0.3, 0.4) is 0 Å². The first-order valence-electron chi connectivity index (χ1n) is 4.86. The van der Waals surface area contributed by atoms with Crippen LogP contribution in [0.25, 0.3) is 0 Å². The summed E-state index contributed by atoms with van der Waals surface area (Å²) in [5, 5.41) is 8.63. The standard InChI is InChI=1S/C9H20N2O2/c1-2-4-8(7-9(12)13)5-3-6-11-10/h8,11H,2-7,10H2,1H3,(H,12,13). The number of carboxylic acids is 1. The van der Waals surface area contributed by atoms with Gasteiger partial charge in [0.1, 0.15) is 0 Å². The third-order valence-corrected chi connectivity index (χ3v) is 2.09. The van der Waals surface area contributed by atoms with E-state index in [0.29, 0.717) is 12.3 Å². The molecule has 4 N–H and O–H groups in total. The summed E-state index contributed by atoms with van der Waals surface area (Å²) in [6.45, 7) is 2.84. The molecule has 78 valence electrons. The lowest BCUT2D eigenvalue weighted by Gasteiger charge is -2.12. The summed E-state index contributed by atoms with van der Waals surface area (Å²) >= 11 is 0. The molecule has 0 heterocycles. The highest BCUT2D eigenvalue weighted by atomic mass is 16.4. The molecular weight excluding hydrogens is 168 g/mol. The first-order chi connectivity index (χ1) is 6.20. The number of nitrogens with two attached hydrogens (primary N) is 1. The van der Waals surface area contributed by atoms with E-state index in [9.17, 15) is 4.79 Å². The second kappa shape index (κ2) is 8.01. The predicted molar refractivity (Wildman–Crippen MR) is 52.1 cm³/mol. The summed E-state index contributed by atoms with van der Waals surface area (Å²) in [4.78, 5) is 10.5. The monoisotopic (exact) mass is 188 g/mol. The normalized spacial score (nSPS) is 12.8. The second-order valence-corrected chi connectivity index (χ2v) is 3.35. The maximum absolute atomic E-state index is 10.5. The Balaban J connectivity index is 3.59. The summed E-state index contributed by atoms with van der Waals surface area (Å²) in [5.74, 6) is 4.74. The van der Waals surface area contributed by atoms with Crippen molar-refractivity contribution in [1.82, 2.24) is 5.43 Å². The molecule has 0 aliphatic rings. The Morgan fingerprint density at radius 3 is 2.69 bits per heavy atom. The average Bonchev–Trinajstić information content (AvgIpc) is 2.04. The van der Waals surface area contributed by atoms with E-state index in [1.54, 1.807) is 0 Å². The van der Waals surface area contributed by atoms with Crippen LogP contribution in [0.5, 0.6) is 0 Å². The topological polar surface area (TPSA) is 75.3 Å². The van der Waals surface area contributed by atoms with E-state index >= 15 is 0 Å². The predicted octanol–water partition coefficient (Wildman–Crippen LogP) is 1.12. The van der Waals surface area contributed by atoms with Crippen molar-refractivity contribution in [1.29, 1.82) is 0 Å². The fraction of sp³-hybridized carbons (Fsp3) is 0.889. The molecule has 13 heavy (non-hydrogen) atoms. The molecule has 0 aromatic carbocycles. The fourth-order valence-corrected chi connectivity index (χ4v) is 1.50. The van der Waals surface area contributed by atoms with Gasteiger partial charge in [0.25, 0.3) is 0 Å². The van der Waals surface area contributed by atoms with E-state index in [0.717, 1.165) is 32.2 Å². The molecule has 1 atom stereocenters. The van der Waals surface area contributed by atoms with Gasteiger partial charge in [-0.1, -0.05) is 19.8 Å². The molecule has 0 spiro atoms. The van der Waals surface area contributed by atoms with Crippen molar-refractivity contribution >= 4 is 5.97 Å². The highest BCUT2D eigenvalue weighted by Crippen LogP contribution is 2.17. The van der Waals surface area contributed by atoms with E-state index in [2.05, 4.69) is 12.3 Å². The number of nitrogens with one attached hydrogen (secondary N) is 1. The lowest BCUT2D eigenvalue weighted by atomic mass is 9.95. The zero-order chi connectivity index (χ0) is 10.1. The minimum absolute atomic E-state index is 0.290. The first kappa shape index (κ1) is 12.4. The van der Waals surface area contributed by atoms with Gasteiger partial charge in [0.15, 0.2) is 0 Å². The minimum Gasteiger partial charge on any atom is -0.481 e. The zero-order valence-corrected chi connectivity index (χ0v) is 8.25. The van der Waals surface area contributed by atoms with E-state index < -0.39 is 5.97 Å². The largest absolute Gasteiger partial charge is 0.481 e. The highest BCUT2D eigenvalue weighted by Gasteiger charge is 2.11. The number of aliphatic carboxylic acids is 1. The van der Waals surface area contributed by atoms with Crippen LogP contribution in [-0.2, 0) is 4.79 Å². The van der Waals surface area contributed by atoms with Gasteiger partial charge in [0.2, 0.25) is 0 Å². The third kappa shape index (κ3) is 7.74. The Labute approximate surface area is 79.5 Å². The molecule has 0 aliphatic heterocycles. The Hall–Kier alpha value is -0.610. The molecule has 0 saturated heterocycles. The Bertz CT molecular complexity index is 140. The van der Waals surface area contributed by atoms with Crippen LogP contribution >= 0.6 is 0 Å². The van der Waals surface area contributed by atoms with Crippen LogP contribution in [0, 0.1) is 5.92 Å². The van der Waals surface area contributed by atoms with Crippen LogP contribution in [-0.4, -0.2) is 17.6 Å². The molecule has 0 amide bonds. The van der Waals surface area contributed by atoms with E-state index in [1.807, 2.05) is 0 Å². The second-order valence-electron chi connectivity index (χ2n) is 3.35. The van der Waals surface area contributed by atoms with Crippen LogP contribution in [0.4, 0.5) is 0 Å². The number of carboxylic acid groups (broad SMARTS) is 1. The van der Waals surface area contributed by atoms with Gasteiger partial charge in [-0.2, -0.15) is 0 Å². The van der Waals surface area contributed by atoms with E-state index in [4.69, 9.17) is 10.9 Å². The van der Waals surface area contributed by atoms with Gasteiger partial charge in [-0.15, -0.1) is 0 Å². The molecule has 4 nitrogen and oxygen atoms in total. The zero-order valence-electron chi connectivity index (χ0n) is 8.25. The number of hydrazine groups is 1. The van der Waals surface area contributed by atoms with Crippen molar-refractivity contribution < 1.29 is 9.90 Å². The van der Waals surface area contributed by atoms with Gasteiger partial charge in [0, 0.05) is 13.0 Å². The van der Waals surface area contributed by atoms with Gasteiger partial charge in [-0.3, -0.25) is 16.1 Å². The quantitative estimate of drug-likeness (QED) is 0.303. The van der Waals surface area contributed by atoms with Crippen molar-refractivity contribution in [2.75, 3.05) is 6.54 Å². The van der Waals surface area contributed by atoms with Crippen molar-refractivity contribution in [3.63, 3.8) is 0 Å². The molecule has 0 bridgehead atoms. The first-order valence-corrected chi connectivity index (χ1v) is 4.86. The number of carbonyl (C=O) groups is 1. The van der Waals surface area contributed by atoms with Gasteiger partial charge in [-0.05, 0) is 18.8 Å². The molecule has 1 unspecified atom stereocenters. The summed E-state index contributed by atoms with van der Waals surface area (Å²) < 4.78 is 0. The number of hydrogen-bond acceptors (Lipinski definition) is 3. The van der Waals surface area contributed by atoms with E-state index in [-0.39, 0.29) is 0 Å². The highest BCUT2D eigenvalue weighted by molar-refractivity contribution is 5.66. The van der Waals surface area contributed by atoms with E-state index in [1.165, 1.54) is 0 Å². The third-order valence-electron chi connectivity index (χ3n) is 2.09. The summed E-state index contributed by atoms with van der Waals surface area (Å²) in [6, 6.07) is 0. The molecule has 0 aliphatic carbocycles. The Morgan fingerprint density at radius 1 is 1.54 bits per heavy atom. The van der Waals surface area contributed by atoms with Crippen LogP contribution in [0.15, 0.2) is 0 Å². The molecule has 4 heteroatoms. The van der Waals surface area contributed by atoms with Gasteiger partial charge in [-0.25, -0.2) is 0 Å². The summed E-state index contributed by atoms with van der Waals surface area (Å²) in [5.41, 5.74) is 2.57. The van der Waals surface area contributed by atoms with Crippen molar-refractivity contribution in [2.24, 2.45) is 11.8 Å².